The van der Waals surface area contributed by atoms with Crippen LogP contribution in [0.2, 0.25) is 10.0 Å². The highest BCUT2D eigenvalue weighted by Crippen LogP contribution is 2.23. The molecule has 1 aromatic carbocycles. The molecule has 0 fully saturated rings. The zero-order chi connectivity index (χ0) is 20.3. The molecule has 0 aliphatic carbocycles. The number of pyridine rings is 1. The number of halogens is 2. The Kier molecular flexibility index (Phi) is 5.91. The van der Waals surface area contributed by atoms with Crippen molar-refractivity contribution in [2.24, 2.45) is 0 Å². The first kappa shape index (κ1) is 19.8. The Morgan fingerprint density at radius 2 is 1.89 bits per heavy atom. The van der Waals surface area contributed by atoms with E-state index in [1.54, 1.807) is 29.8 Å². The summed E-state index contributed by atoms with van der Waals surface area (Å²) < 4.78 is 1.59. The van der Waals surface area contributed by atoms with Gasteiger partial charge in [0.2, 0.25) is 0 Å². The molecule has 0 spiro atoms. The molecule has 8 nitrogen and oxygen atoms in total. The minimum Gasteiger partial charge on any atom is -0.355 e. The van der Waals surface area contributed by atoms with E-state index in [4.69, 9.17) is 23.2 Å². The molecule has 0 aliphatic rings. The van der Waals surface area contributed by atoms with E-state index < -0.39 is 5.91 Å². The lowest BCUT2D eigenvalue weighted by molar-refractivity contribution is 0.0961. The highest BCUT2D eigenvalue weighted by atomic mass is 35.5. The summed E-state index contributed by atoms with van der Waals surface area (Å²) in [5.74, 6) is -0.509. The molecule has 144 valence electrons. The van der Waals surface area contributed by atoms with Crippen LogP contribution in [0.25, 0.3) is 0 Å². The summed E-state index contributed by atoms with van der Waals surface area (Å²) in [4.78, 5) is 28.3. The normalized spacial score (nSPS) is 10.6. The summed E-state index contributed by atoms with van der Waals surface area (Å²) in [5, 5.41) is 14.0. The van der Waals surface area contributed by atoms with E-state index in [0.29, 0.717) is 27.8 Å². The van der Waals surface area contributed by atoms with Gasteiger partial charge in [-0.05, 0) is 36.8 Å². The molecule has 0 unspecified atom stereocenters. The number of benzene rings is 1. The molecule has 10 heteroatoms. The van der Waals surface area contributed by atoms with E-state index >= 15 is 0 Å². The van der Waals surface area contributed by atoms with Crippen molar-refractivity contribution in [3.05, 3.63) is 69.1 Å². The number of carbonyl (C=O) groups excluding carboxylic acids is 2. The molecule has 0 bridgehead atoms. The van der Waals surface area contributed by atoms with Crippen molar-refractivity contribution in [3.8, 4) is 0 Å². The summed E-state index contributed by atoms with van der Waals surface area (Å²) in [6, 6.07) is 8.28. The van der Waals surface area contributed by atoms with E-state index in [9.17, 15) is 9.59 Å². The van der Waals surface area contributed by atoms with Crippen LogP contribution in [0.1, 0.15) is 32.1 Å². The average molecular weight is 419 g/mol. The number of hydrogen-bond donors (Lipinski definition) is 2. The molecule has 0 aliphatic heterocycles. The molecule has 0 radical (unpaired) electrons. The highest BCUT2D eigenvalue weighted by Gasteiger charge is 2.18. The fourth-order valence-electron chi connectivity index (χ4n) is 2.49. The highest BCUT2D eigenvalue weighted by molar-refractivity contribution is 6.42. The van der Waals surface area contributed by atoms with Crippen LogP contribution in [0.5, 0.6) is 0 Å². The summed E-state index contributed by atoms with van der Waals surface area (Å²) in [6.45, 7) is 2.12. The van der Waals surface area contributed by atoms with Gasteiger partial charge >= 0.3 is 0 Å². The third kappa shape index (κ3) is 4.29. The Morgan fingerprint density at radius 1 is 1.11 bits per heavy atom. The van der Waals surface area contributed by atoms with Gasteiger partial charge in [0.1, 0.15) is 5.82 Å². The van der Waals surface area contributed by atoms with Gasteiger partial charge in [0, 0.05) is 18.8 Å². The number of aromatic nitrogens is 4. The Hall–Kier alpha value is -2.97. The van der Waals surface area contributed by atoms with Crippen molar-refractivity contribution >= 4 is 40.8 Å². The van der Waals surface area contributed by atoms with Crippen LogP contribution in [0.3, 0.4) is 0 Å². The number of anilines is 1. The molecule has 0 saturated carbocycles. The van der Waals surface area contributed by atoms with Crippen molar-refractivity contribution in [2.45, 2.75) is 13.5 Å². The first-order valence-electron chi connectivity index (χ1n) is 8.22. The van der Waals surface area contributed by atoms with Gasteiger partial charge in [-0.15, -0.1) is 5.10 Å². The van der Waals surface area contributed by atoms with Crippen LogP contribution in [0.4, 0.5) is 5.82 Å². The molecule has 2 aromatic heterocycles. The quantitative estimate of drug-likeness (QED) is 0.662. The predicted molar refractivity (Wildman–Crippen MR) is 106 cm³/mol. The Labute approximate surface area is 170 Å². The summed E-state index contributed by atoms with van der Waals surface area (Å²) >= 11 is 12.0. The Bertz CT molecular complexity index is 1050. The maximum absolute atomic E-state index is 12.5. The lowest BCUT2D eigenvalue weighted by Crippen LogP contribution is -2.19. The second kappa shape index (κ2) is 8.37. The maximum atomic E-state index is 12.5. The van der Waals surface area contributed by atoms with Gasteiger partial charge in [-0.1, -0.05) is 34.5 Å². The summed E-state index contributed by atoms with van der Waals surface area (Å²) in [6.07, 6.45) is 1.44. The molecule has 2 heterocycles. The van der Waals surface area contributed by atoms with Crippen LogP contribution >= 0.6 is 23.2 Å². The molecule has 3 rings (SSSR count). The second-order valence-corrected chi connectivity index (χ2v) is 6.71. The number of hydrogen-bond acceptors (Lipinski definition) is 5. The molecule has 2 amide bonds. The molecule has 2 N–H and O–H groups in total. The first-order chi connectivity index (χ1) is 13.4. The van der Waals surface area contributed by atoms with E-state index in [0.717, 1.165) is 5.56 Å². The second-order valence-electron chi connectivity index (χ2n) is 5.89. The van der Waals surface area contributed by atoms with Crippen LogP contribution < -0.4 is 10.6 Å². The van der Waals surface area contributed by atoms with Crippen LogP contribution in [-0.4, -0.2) is 38.8 Å². The monoisotopic (exact) mass is 418 g/mol. The topological polar surface area (TPSA) is 102 Å². The van der Waals surface area contributed by atoms with E-state index in [2.05, 4.69) is 25.9 Å². The third-order valence-electron chi connectivity index (χ3n) is 4.00. The smallest absolute Gasteiger partial charge is 0.279 e. The fraction of sp³-hybridized carbons (Fsp3) is 0.167. The van der Waals surface area contributed by atoms with Crippen molar-refractivity contribution in [3.63, 3.8) is 0 Å². The van der Waals surface area contributed by atoms with Crippen molar-refractivity contribution in [1.82, 2.24) is 25.3 Å². The largest absolute Gasteiger partial charge is 0.355 e. The zero-order valence-corrected chi connectivity index (χ0v) is 16.5. The van der Waals surface area contributed by atoms with Crippen molar-refractivity contribution < 1.29 is 9.59 Å². The fourth-order valence-corrected chi connectivity index (χ4v) is 2.81. The number of carbonyl (C=O) groups is 2. The lowest BCUT2D eigenvalue weighted by atomic mass is 10.2. The first-order valence-corrected chi connectivity index (χ1v) is 8.98. The molecule has 0 atom stereocenters. The average Bonchev–Trinajstić information content (AvgIpc) is 3.04. The van der Waals surface area contributed by atoms with Gasteiger partial charge < -0.3 is 10.6 Å². The van der Waals surface area contributed by atoms with Crippen molar-refractivity contribution in [2.75, 3.05) is 12.4 Å². The Balaban J connectivity index is 1.76. The number of rotatable bonds is 5. The van der Waals surface area contributed by atoms with Gasteiger partial charge in [-0.2, -0.15) is 0 Å². The molecule has 28 heavy (non-hydrogen) atoms. The maximum Gasteiger partial charge on any atom is 0.279 e. The number of nitrogens with zero attached hydrogens (tertiary/aromatic N) is 4. The van der Waals surface area contributed by atoms with Crippen LogP contribution in [0.15, 0.2) is 36.5 Å². The van der Waals surface area contributed by atoms with Gasteiger partial charge in [0.05, 0.1) is 22.3 Å². The standard InChI is InChI=1S/C18H16Cl2N6O2/c1-10-16(18(28)23-15-8-12(5-6-22-15)17(27)21-2)24-25-26(10)9-11-3-4-13(19)14(20)7-11/h3-8H,9H2,1-2H3,(H,21,27)(H,22,23,28). The van der Waals surface area contributed by atoms with Gasteiger partial charge in [-0.3, -0.25) is 9.59 Å². The molecule has 0 saturated heterocycles. The lowest BCUT2D eigenvalue weighted by Gasteiger charge is -2.07. The molecule has 3 aromatic rings. The minimum absolute atomic E-state index is 0.159. The van der Waals surface area contributed by atoms with E-state index in [1.165, 1.54) is 19.3 Å². The molecular weight excluding hydrogens is 403 g/mol. The summed E-state index contributed by atoms with van der Waals surface area (Å²) in [7, 11) is 1.52. The van der Waals surface area contributed by atoms with Crippen molar-refractivity contribution in [1.29, 1.82) is 0 Å². The number of amides is 2. The van der Waals surface area contributed by atoms with E-state index in [-0.39, 0.29) is 17.4 Å². The van der Waals surface area contributed by atoms with Gasteiger partial charge in [-0.25, -0.2) is 9.67 Å². The molecular formula is C18H16Cl2N6O2. The number of nitrogens with one attached hydrogen (secondary N) is 2. The van der Waals surface area contributed by atoms with Crippen LogP contribution in [-0.2, 0) is 6.54 Å². The SMILES string of the molecule is CNC(=O)c1ccnc(NC(=O)c2nnn(Cc3ccc(Cl)c(Cl)c3)c2C)c1. The zero-order valence-electron chi connectivity index (χ0n) is 15.0. The summed E-state index contributed by atoms with van der Waals surface area (Å²) in [5.41, 5.74) is 1.99. The van der Waals surface area contributed by atoms with Gasteiger partial charge in [0.15, 0.2) is 5.69 Å². The van der Waals surface area contributed by atoms with Crippen LogP contribution in [0, 0.1) is 6.92 Å². The Morgan fingerprint density at radius 3 is 2.61 bits per heavy atom. The third-order valence-corrected chi connectivity index (χ3v) is 4.74. The van der Waals surface area contributed by atoms with Gasteiger partial charge in [0.25, 0.3) is 11.8 Å². The predicted octanol–water partition coefficient (Wildman–Crippen LogP) is 2.95. The minimum atomic E-state index is -0.473. The van der Waals surface area contributed by atoms with E-state index in [1.807, 2.05) is 6.07 Å².